The fraction of sp³-hybridized carbons (Fsp3) is 0.364. The highest BCUT2D eigenvalue weighted by Gasteiger charge is 2.19. The molecule has 0 atom stereocenters. The molecule has 1 fully saturated rings. The van der Waals surface area contributed by atoms with E-state index in [0.29, 0.717) is 24.3 Å². The Hall–Kier alpha value is -2.60. The van der Waals surface area contributed by atoms with E-state index in [1.807, 2.05) is 36.4 Å². The molecule has 1 aromatic heterocycles. The summed E-state index contributed by atoms with van der Waals surface area (Å²) in [6, 6.07) is 13.6. The number of nitrogens with one attached hydrogen (secondary N) is 1. The molecule has 28 heavy (non-hydrogen) atoms. The van der Waals surface area contributed by atoms with Gasteiger partial charge in [0.25, 0.3) is 0 Å². The minimum Gasteiger partial charge on any atom is -0.493 e. The Morgan fingerprint density at radius 1 is 1.18 bits per heavy atom. The van der Waals surface area contributed by atoms with Crippen LogP contribution in [0, 0.1) is 0 Å². The van der Waals surface area contributed by atoms with E-state index in [4.69, 9.17) is 9.47 Å². The molecule has 1 aliphatic carbocycles. The molecule has 0 aliphatic heterocycles. The molecule has 1 saturated carbocycles. The highest BCUT2D eigenvalue weighted by Crippen LogP contribution is 2.34. The van der Waals surface area contributed by atoms with Gasteiger partial charge in [-0.25, -0.2) is 4.98 Å². The first kappa shape index (κ1) is 18.7. The lowest BCUT2D eigenvalue weighted by Gasteiger charge is -2.17. The third kappa shape index (κ3) is 4.44. The average molecular weight is 397 g/mol. The molecule has 0 unspecified atom stereocenters. The van der Waals surface area contributed by atoms with E-state index in [9.17, 15) is 4.79 Å². The number of benzene rings is 2. The molecule has 6 heteroatoms. The van der Waals surface area contributed by atoms with Gasteiger partial charge in [0.15, 0.2) is 11.5 Å². The molecule has 5 nitrogen and oxygen atoms in total. The van der Waals surface area contributed by atoms with Crippen molar-refractivity contribution in [2.24, 2.45) is 0 Å². The number of aromatic nitrogens is 1. The van der Waals surface area contributed by atoms with Crippen molar-refractivity contribution in [1.82, 2.24) is 4.98 Å². The first-order valence-electron chi connectivity index (χ1n) is 9.70. The standard InChI is InChI=1S/C22H24N2O3S/c1-26-18-11-10-15(14-19(18)27-16-6-2-3-7-16)23-21(25)12-13-22-24-17-8-4-5-9-20(17)28-22/h4-5,8-11,14,16H,2-3,6-7,12-13H2,1H3,(H,23,25). The van der Waals surface area contributed by atoms with Crippen LogP contribution in [0.2, 0.25) is 0 Å². The van der Waals surface area contributed by atoms with E-state index >= 15 is 0 Å². The zero-order chi connectivity index (χ0) is 19.3. The van der Waals surface area contributed by atoms with Gasteiger partial charge in [0, 0.05) is 24.6 Å². The van der Waals surface area contributed by atoms with Crippen LogP contribution in [0.1, 0.15) is 37.1 Å². The lowest BCUT2D eigenvalue weighted by Crippen LogP contribution is -2.14. The molecule has 1 amide bonds. The third-order valence-electron chi connectivity index (χ3n) is 4.95. The topological polar surface area (TPSA) is 60.5 Å². The van der Waals surface area contributed by atoms with Crippen LogP contribution in [0.4, 0.5) is 5.69 Å². The molecule has 0 saturated heterocycles. The summed E-state index contributed by atoms with van der Waals surface area (Å²) >= 11 is 1.64. The zero-order valence-corrected chi connectivity index (χ0v) is 16.8. The van der Waals surface area contributed by atoms with E-state index in [1.165, 1.54) is 12.8 Å². The molecule has 2 aromatic carbocycles. The Morgan fingerprint density at radius 2 is 2.00 bits per heavy atom. The van der Waals surface area contributed by atoms with Gasteiger partial charge >= 0.3 is 0 Å². The smallest absolute Gasteiger partial charge is 0.224 e. The zero-order valence-electron chi connectivity index (χ0n) is 15.9. The maximum absolute atomic E-state index is 12.4. The number of anilines is 1. The van der Waals surface area contributed by atoms with E-state index < -0.39 is 0 Å². The Morgan fingerprint density at radius 3 is 2.79 bits per heavy atom. The minimum atomic E-state index is -0.0313. The second-order valence-electron chi connectivity index (χ2n) is 7.01. The quantitative estimate of drug-likeness (QED) is 0.596. The Kier molecular flexibility index (Phi) is 5.76. The van der Waals surface area contributed by atoms with Gasteiger partial charge in [0.1, 0.15) is 0 Å². The van der Waals surface area contributed by atoms with Gasteiger partial charge in [0.05, 0.1) is 28.4 Å². The Balaban J connectivity index is 1.37. The van der Waals surface area contributed by atoms with Crippen molar-refractivity contribution in [3.63, 3.8) is 0 Å². The molecular weight excluding hydrogens is 372 g/mol. The van der Waals surface area contributed by atoms with Crippen LogP contribution < -0.4 is 14.8 Å². The number of aryl methyl sites for hydroxylation is 1. The number of hydrogen-bond acceptors (Lipinski definition) is 5. The number of fused-ring (bicyclic) bond motifs is 1. The second kappa shape index (κ2) is 8.61. The summed E-state index contributed by atoms with van der Waals surface area (Å²) in [4.78, 5) is 17.0. The van der Waals surface area contributed by atoms with Crippen molar-refractivity contribution in [2.75, 3.05) is 12.4 Å². The summed E-state index contributed by atoms with van der Waals surface area (Å²) < 4.78 is 12.7. The molecule has 146 valence electrons. The molecule has 0 radical (unpaired) electrons. The van der Waals surface area contributed by atoms with Crippen molar-refractivity contribution in [2.45, 2.75) is 44.6 Å². The van der Waals surface area contributed by atoms with Gasteiger partial charge in [-0.2, -0.15) is 0 Å². The average Bonchev–Trinajstić information content (AvgIpc) is 3.36. The van der Waals surface area contributed by atoms with E-state index in [0.717, 1.165) is 33.8 Å². The van der Waals surface area contributed by atoms with Gasteiger partial charge < -0.3 is 14.8 Å². The van der Waals surface area contributed by atoms with Gasteiger partial charge in [-0.1, -0.05) is 12.1 Å². The van der Waals surface area contributed by atoms with Gasteiger partial charge in [0.2, 0.25) is 5.91 Å². The number of methoxy groups -OCH3 is 1. The number of carbonyl (C=O) groups excluding carboxylic acids is 1. The first-order valence-corrected chi connectivity index (χ1v) is 10.5. The largest absolute Gasteiger partial charge is 0.493 e. The van der Waals surface area contributed by atoms with Crippen LogP contribution >= 0.6 is 11.3 Å². The van der Waals surface area contributed by atoms with Crippen LogP contribution in [0.15, 0.2) is 42.5 Å². The number of carbonyl (C=O) groups is 1. The molecule has 1 aliphatic rings. The maximum atomic E-state index is 12.4. The van der Waals surface area contributed by atoms with Crippen molar-refractivity contribution in [3.8, 4) is 11.5 Å². The number of amides is 1. The monoisotopic (exact) mass is 396 g/mol. The van der Waals surface area contributed by atoms with E-state index in [1.54, 1.807) is 18.4 Å². The van der Waals surface area contributed by atoms with E-state index in [-0.39, 0.29) is 12.0 Å². The normalized spacial score (nSPS) is 14.3. The molecule has 0 spiro atoms. The van der Waals surface area contributed by atoms with Crippen LogP contribution in [0.3, 0.4) is 0 Å². The molecule has 3 aromatic rings. The highest BCUT2D eigenvalue weighted by molar-refractivity contribution is 7.18. The summed E-state index contributed by atoms with van der Waals surface area (Å²) in [7, 11) is 1.63. The molecular formula is C22H24N2O3S. The third-order valence-corrected chi connectivity index (χ3v) is 6.04. The second-order valence-corrected chi connectivity index (χ2v) is 8.13. The van der Waals surface area contributed by atoms with Crippen molar-refractivity contribution < 1.29 is 14.3 Å². The number of para-hydroxylation sites is 1. The Labute approximate surface area is 168 Å². The molecule has 1 heterocycles. The Bertz CT molecular complexity index is 930. The summed E-state index contributed by atoms with van der Waals surface area (Å²) in [5.74, 6) is 1.36. The minimum absolute atomic E-state index is 0.0313. The van der Waals surface area contributed by atoms with Gasteiger partial charge in [-0.15, -0.1) is 11.3 Å². The lowest BCUT2D eigenvalue weighted by molar-refractivity contribution is -0.116. The summed E-state index contributed by atoms with van der Waals surface area (Å²) in [5.41, 5.74) is 1.72. The maximum Gasteiger partial charge on any atom is 0.224 e. The number of ether oxygens (including phenoxy) is 2. The van der Waals surface area contributed by atoms with Crippen LogP contribution in [0.5, 0.6) is 11.5 Å². The SMILES string of the molecule is COc1ccc(NC(=O)CCc2nc3ccccc3s2)cc1OC1CCCC1. The van der Waals surface area contributed by atoms with Crippen LogP contribution in [-0.2, 0) is 11.2 Å². The van der Waals surface area contributed by atoms with Crippen molar-refractivity contribution in [3.05, 3.63) is 47.5 Å². The molecule has 0 bridgehead atoms. The first-order chi connectivity index (χ1) is 13.7. The summed E-state index contributed by atoms with van der Waals surface area (Å²) in [5, 5.41) is 3.95. The summed E-state index contributed by atoms with van der Waals surface area (Å²) in [6.45, 7) is 0. The lowest BCUT2D eigenvalue weighted by atomic mass is 10.2. The van der Waals surface area contributed by atoms with Gasteiger partial charge in [-0.05, 0) is 49.9 Å². The molecule has 1 N–H and O–H groups in total. The predicted octanol–water partition coefficient (Wildman–Crippen LogP) is 5.20. The fourth-order valence-electron chi connectivity index (χ4n) is 3.50. The van der Waals surface area contributed by atoms with Gasteiger partial charge in [-0.3, -0.25) is 4.79 Å². The number of rotatable bonds is 7. The van der Waals surface area contributed by atoms with Crippen molar-refractivity contribution in [1.29, 1.82) is 0 Å². The van der Waals surface area contributed by atoms with Crippen LogP contribution in [0.25, 0.3) is 10.2 Å². The number of thiazole rings is 1. The number of hydrogen-bond donors (Lipinski definition) is 1. The fourth-order valence-corrected chi connectivity index (χ4v) is 4.47. The predicted molar refractivity (Wildman–Crippen MR) is 112 cm³/mol. The highest BCUT2D eigenvalue weighted by atomic mass is 32.1. The number of nitrogens with zero attached hydrogens (tertiary/aromatic N) is 1. The van der Waals surface area contributed by atoms with Crippen molar-refractivity contribution >= 4 is 33.1 Å². The summed E-state index contributed by atoms with van der Waals surface area (Å²) in [6.07, 6.45) is 5.81. The van der Waals surface area contributed by atoms with Crippen LogP contribution in [-0.4, -0.2) is 24.1 Å². The molecule has 4 rings (SSSR count). The van der Waals surface area contributed by atoms with E-state index in [2.05, 4.69) is 16.4 Å².